The van der Waals surface area contributed by atoms with Crippen LogP contribution in [0.3, 0.4) is 0 Å². The van der Waals surface area contributed by atoms with E-state index in [2.05, 4.69) is 17.0 Å². The van der Waals surface area contributed by atoms with E-state index in [1.807, 2.05) is 47.4 Å². The van der Waals surface area contributed by atoms with Crippen molar-refractivity contribution in [2.24, 2.45) is 0 Å². The molecule has 2 amide bonds. The van der Waals surface area contributed by atoms with Gasteiger partial charge in [0, 0.05) is 50.4 Å². The first-order valence-corrected chi connectivity index (χ1v) is 9.98. The van der Waals surface area contributed by atoms with Gasteiger partial charge < -0.3 is 14.7 Å². The van der Waals surface area contributed by atoms with Crippen LogP contribution in [0.25, 0.3) is 0 Å². The summed E-state index contributed by atoms with van der Waals surface area (Å²) in [6.07, 6.45) is 0.676. The fourth-order valence-corrected chi connectivity index (χ4v) is 3.63. The molecule has 148 valence electrons. The van der Waals surface area contributed by atoms with Crippen LogP contribution < -0.4 is 4.90 Å². The summed E-state index contributed by atoms with van der Waals surface area (Å²) in [6.45, 7) is 5.10. The highest BCUT2D eigenvalue weighted by atomic mass is 35.5. The molecule has 0 saturated carbocycles. The summed E-state index contributed by atoms with van der Waals surface area (Å²) in [5.41, 5.74) is 2.24. The Balaban J connectivity index is 1.51. The summed E-state index contributed by atoms with van der Waals surface area (Å²) >= 11 is 6.02. The SMILES string of the molecule is CC(=O)N(CCc1cccc(Cl)c1)CC(=O)N1CCN(c2ccccc2)CC1. The van der Waals surface area contributed by atoms with E-state index < -0.39 is 0 Å². The Bertz CT molecular complexity index is 804. The number of hydrogen-bond acceptors (Lipinski definition) is 3. The highest BCUT2D eigenvalue weighted by molar-refractivity contribution is 6.30. The van der Waals surface area contributed by atoms with Crippen LogP contribution in [0.5, 0.6) is 0 Å². The van der Waals surface area contributed by atoms with E-state index in [4.69, 9.17) is 11.6 Å². The minimum Gasteiger partial charge on any atom is -0.368 e. The first-order valence-electron chi connectivity index (χ1n) is 9.60. The van der Waals surface area contributed by atoms with Gasteiger partial charge in [0.05, 0.1) is 6.54 Å². The van der Waals surface area contributed by atoms with Crippen molar-refractivity contribution in [3.8, 4) is 0 Å². The molecule has 0 spiro atoms. The van der Waals surface area contributed by atoms with Gasteiger partial charge >= 0.3 is 0 Å². The van der Waals surface area contributed by atoms with Crippen LogP contribution in [0.2, 0.25) is 5.02 Å². The Kier molecular flexibility index (Phi) is 6.93. The minimum atomic E-state index is -0.0849. The van der Waals surface area contributed by atoms with Crippen molar-refractivity contribution in [2.45, 2.75) is 13.3 Å². The average molecular weight is 400 g/mol. The maximum Gasteiger partial charge on any atom is 0.242 e. The van der Waals surface area contributed by atoms with Gasteiger partial charge in [-0.2, -0.15) is 0 Å². The predicted octanol–water partition coefficient (Wildman–Crippen LogP) is 3.08. The molecule has 28 heavy (non-hydrogen) atoms. The van der Waals surface area contributed by atoms with Crippen LogP contribution >= 0.6 is 11.6 Å². The molecule has 0 aliphatic carbocycles. The molecule has 2 aromatic rings. The van der Waals surface area contributed by atoms with Crippen molar-refractivity contribution in [1.29, 1.82) is 0 Å². The summed E-state index contributed by atoms with van der Waals surface area (Å²) in [5, 5.41) is 0.680. The van der Waals surface area contributed by atoms with E-state index in [-0.39, 0.29) is 18.4 Å². The van der Waals surface area contributed by atoms with Crippen LogP contribution in [0, 0.1) is 0 Å². The third-order valence-electron chi connectivity index (χ3n) is 5.08. The monoisotopic (exact) mass is 399 g/mol. The molecule has 6 heteroatoms. The summed E-state index contributed by atoms with van der Waals surface area (Å²) in [5.74, 6) is -0.0766. The van der Waals surface area contributed by atoms with Crippen molar-refractivity contribution in [2.75, 3.05) is 44.2 Å². The average Bonchev–Trinajstić information content (AvgIpc) is 2.71. The van der Waals surface area contributed by atoms with Crippen molar-refractivity contribution >= 4 is 29.1 Å². The summed E-state index contributed by atoms with van der Waals surface area (Å²) < 4.78 is 0. The lowest BCUT2D eigenvalue weighted by molar-refractivity contribution is -0.139. The van der Waals surface area contributed by atoms with E-state index in [0.717, 1.165) is 18.7 Å². The van der Waals surface area contributed by atoms with Gasteiger partial charge in [-0.15, -0.1) is 0 Å². The minimum absolute atomic E-state index is 0.00834. The van der Waals surface area contributed by atoms with Crippen LogP contribution in [-0.2, 0) is 16.0 Å². The van der Waals surface area contributed by atoms with Gasteiger partial charge in [-0.3, -0.25) is 9.59 Å². The molecule has 0 bridgehead atoms. The molecule has 1 saturated heterocycles. The number of benzene rings is 2. The van der Waals surface area contributed by atoms with E-state index in [9.17, 15) is 9.59 Å². The van der Waals surface area contributed by atoms with Gasteiger partial charge in [0.15, 0.2) is 0 Å². The van der Waals surface area contributed by atoms with Crippen molar-refractivity contribution in [1.82, 2.24) is 9.80 Å². The Morgan fingerprint density at radius 3 is 2.36 bits per heavy atom. The van der Waals surface area contributed by atoms with Gasteiger partial charge in [-0.05, 0) is 36.2 Å². The number of para-hydroxylation sites is 1. The fraction of sp³-hybridized carbons (Fsp3) is 0.364. The quantitative estimate of drug-likeness (QED) is 0.749. The zero-order valence-electron chi connectivity index (χ0n) is 16.2. The molecule has 1 fully saturated rings. The second-order valence-corrected chi connectivity index (χ2v) is 7.46. The standard InChI is InChI=1S/C22H26ClN3O2/c1-18(27)26(11-10-19-6-5-7-20(23)16-19)17-22(28)25-14-12-24(13-15-25)21-8-3-2-4-9-21/h2-9,16H,10-15,17H2,1H3. The maximum atomic E-state index is 12.7. The fourth-order valence-electron chi connectivity index (χ4n) is 3.42. The molecule has 0 atom stereocenters. The van der Waals surface area contributed by atoms with Gasteiger partial charge in [-0.25, -0.2) is 0 Å². The van der Waals surface area contributed by atoms with Crippen LogP contribution in [-0.4, -0.2) is 60.9 Å². The highest BCUT2D eigenvalue weighted by Crippen LogP contribution is 2.16. The molecule has 0 radical (unpaired) electrons. The summed E-state index contributed by atoms with van der Waals surface area (Å²) in [7, 11) is 0. The smallest absolute Gasteiger partial charge is 0.242 e. The molecule has 1 aliphatic heterocycles. The molecule has 3 rings (SSSR count). The molecule has 1 heterocycles. The molecule has 1 aliphatic rings. The number of amides is 2. The predicted molar refractivity (Wildman–Crippen MR) is 113 cm³/mol. The van der Waals surface area contributed by atoms with Gasteiger partial charge in [0.25, 0.3) is 0 Å². The topological polar surface area (TPSA) is 43.9 Å². The van der Waals surface area contributed by atoms with Gasteiger partial charge in [0.2, 0.25) is 11.8 Å². The van der Waals surface area contributed by atoms with Crippen LogP contribution in [0.4, 0.5) is 5.69 Å². The van der Waals surface area contributed by atoms with Crippen LogP contribution in [0.1, 0.15) is 12.5 Å². The Labute approximate surface area is 171 Å². The first-order chi connectivity index (χ1) is 13.5. The third-order valence-corrected chi connectivity index (χ3v) is 5.32. The highest BCUT2D eigenvalue weighted by Gasteiger charge is 2.23. The summed E-state index contributed by atoms with van der Waals surface area (Å²) in [4.78, 5) is 30.5. The zero-order valence-corrected chi connectivity index (χ0v) is 16.9. The number of carbonyl (C=O) groups is 2. The number of nitrogens with zero attached hydrogens (tertiary/aromatic N) is 3. The first kappa shape index (κ1) is 20.2. The van der Waals surface area contributed by atoms with E-state index in [1.54, 1.807) is 4.90 Å². The summed E-state index contributed by atoms with van der Waals surface area (Å²) in [6, 6.07) is 17.8. The Morgan fingerprint density at radius 1 is 1.00 bits per heavy atom. The lowest BCUT2D eigenvalue weighted by Gasteiger charge is -2.37. The zero-order chi connectivity index (χ0) is 19.9. The molecule has 5 nitrogen and oxygen atoms in total. The maximum absolute atomic E-state index is 12.7. The normalized spacial score (nSPS) is 14.1. The number of anilines is 1. The van der Waals surface area contributed by atoms with E-state index >= 15 is 0 Å². The van der Waals surface area contributed by atoms with E-state index in [1.165, 1.54) is 12.6 Å². The lowest BCUT2D eigenvalue weighted by atomic mass is 10.1. The number of carbonyl (C=O) groups excluding carboxylic acids is 2. The van der Waals surface area contributed by atoms with E-state index in [0.29, 0.717) is 31.1 Å². The number of piperazine rings is 1. The van der Waals surface area contributed by atoms with Crippen LogP contribution in [0.15, 0.2) is 54.6 Å². The molecule has 0 unspecified atom stereocenters. The molecule has 0 N–H and O–H groups in total. The van der Waals surface area contributed by atoms with Crippen molar-refractivity contribution in [3.63, 3.8) is 0 Å². The molecule has 0 aromatic heterocycles. The molecule has 2 aromatic carbocycles. The Morgan fingerprint density at radius 2 is 1.71 bits per heavy atom. The van der Waals surface area contributed by atoms with Crippen molar-refractivity contribution in [3.05, 3.63) is 65.2 Å². The third kappa shape index (κ3) is 5.49. The largest absolute Gasteiger partial charge is 0.368 e. The lowest BCUT2D eigenvalue weighted by Crippen LogP contribution is -2.52. The number of rotatable bonds is 6. The molecular weight excluding hydrogens is 374 g/mol. The van der Waals surface area contributed by atoms with Gasteiger partial charge in [0.1, 0.15) is 0 Å². The van der Waals surface area contributed by atoms with Gasteiger partial charge in [-0.1, -0.05) is 41.9 Å². The number of hydrogen-bond donors (Lipinski definition) is 0. The number of halogens is 1. The second-order valence-electron chi connectivity index (χ2n) is 7.02. The van der Waals surface area contributed by atoms with Crippen molar-refractivity contribution < 1.29 is 9.59 Å². The second kappa shape index (κ2) is 9.60. The Hall–Kier alpha value is -2.53. The molecular formula is C22H26ClN3O2.